The second kappa shape index (κ2) is 6.44. The predicted molar refractivity (Wildman–Crippen MR) is 80.8 cm³/mol. The standard InChI is InChI=1S/C17H21NO2/c1-3-15(14-7-4-12(2)5-8-14)18-11-13-6-9-16(19)17(20)10-13/h4-10,15,18-20H,3,11H2,1-2H3. The van der Waals surface area contributed by atoms with Crippen LogP contribution in [-0.4, -0.2) is 10.2 Å². The number of aromatic hydroxyl groups is 2. The fraction of sp³-hybridized carbons (Fsp3) is 0.294. The summed E-state index contributed by atoms with van der Waals surface area (Å²) in [7, 11) is 0. The van der Waals surface area contributed by atoms with Crippen molar-refractivity contribution in [3.8, 4) is 11.5 Å². The second-order valence-corrected chi connectivity index (χ2v) is 5.08. The van der Waals surface area contributed by atoms with Crippen LogP contribution in [0.15, 0.2) is 42.5 Å². The van der Waals surface area contributed by atoms with Crippen molar-refractivity contribution < 1.29 is 10.2 Å². The number of phenolic OH excluding ortho intramolecular Hbond substituents is 2. The third-order valence-electron chi connectivity index (χ3n) is 3.48. The van der Waals surface area contributed by atoms with Gasteiger partial charge in [0.2, 0.25) is 0 Å². The minimum Gasteiger partial charge on any atom is -0.504 e. The van der Waals surface area contributed by atoms with E-state index in [9.17, 15) is 10.2 Å². The summed E-state index contributed by atoms with van der Waals surface area (Å²) in [5.74, 6) is -0.160. The molecule has 0 bridgehead atoms. The number of nitrogens with one attached hydrogen (secondary N) is 1. The molecule has 0 amide bonds. The average molecular weight is 271 g/mol. The van der Waals surface area contributed by atoms with E-state index in [2.05, 4.69) is 43.4 Å². The molecule has 2 aromatic rings. The van der Waals surface area contributed by atoms with Crippen LogP contribution >= 0.6 is 0 Å². The SMILES string of the molecule is CCC(NCc1ccc(O)c(O)c1)c1ccc(C)cc1. The zero-order valence-electron chi connectivity index (χ0n) is 11.9. The van der Waals surface area contributed by atoms with E-state index in [-0.39, 0.29) is 17.5 Å². The molecule has 0 aromatic heterocycles. The van der Waals surface area contributed by atoms with Gasteiger partial charge in [-0.05, 0) is 36.6 Å². The molecule has 2 rings (SSSR count). The van der Waals surface area contributed by atoms with Crippen molar-refractivity contribution in [3.05, 3.63) is 59.2 Å². The molecule has 3 N–H and O–H groups in total. The summed E-state index contributed by atoms with van der Waals surface area (Å²) in [5, 5.41) is 22.3. The predicted octanol–water partition coefficient (Wildman–Crippen LogP) is 3.65. The first kappa shape index (κ1) is 14.4. The fourth-order valence-corrected chi connectivity index (χ4v) is 2.22. The van der Waals surface area contributed by atoms with E-state index in [0.717, 1.165) is 12.0 Å². The van der Waals surface area contributed by atoms with Crippen molar-refractivity contribution in [1.82, 2.24) is 5.32 Å². The lowest BCUT2D eigenvalue weighted by Crippen LogP contribution is -2.20. The number of aryl methyl sites for hydroxylation is 1. The highest BCUT2D eigenvalue weighted by molar-refractivity contribution is 5.40. The Hall–Kier alpha value is -2.00. The van der Waals surface area contributed by atoms with E-state index in [4.69, 9.17) is 0 Å². The van der Waals surface area contributed by atoms with E-state index in [1.165, 1.54) is 17.2 Å². The van der Waals surface area contributed by atoms with Gasteiger partial charge in [0.1, 0.15) is 0 Å². The number of hydrogen-bond donors (Lipinski definition) is 3. The van der Waals surface area contributed by atoms with Gasteiger partial charge in [-0.15, -0.1) is 0 Å². The molecule has 0 saturated heterocycles. The van der Waals surface area contributed by atoms with E-state index >= 15 is 0 Å². The Bertz CT molecular complexity index is 564. The first-order chi connectivity index (χ1) is 9.60. The molecule has 1 unspecified atom stereocenters. The van der Waals surface area contributed by atoms with E-state index < -0.39 is 0 Å². The first-order valence-electron chi connectivity index (χ1n) is 6.91. The molecule has 3 heteroatoms. The first-order valence-corrected chi connectivity index (χ1v) is 6.91. The molecular formula is C17H21NO2. The largest absolute Gasteiger partial charge is 0.504 e. The fourth-order valence-electron chi connectivity index (χ4n) is 2.22. The minimum absolute atomic E-state index is 0.0762. The van der Waals surface area contributed by atoms with Crippen LogP contribution in [0.25, 0.3) is 0 Å². The summed E-state index contributed by atoms with van der Waals surface area (Å²) in [6.07, 6.45) is 0.993. The highest BCUT2D eigenvalue weighted by Gasteiger charge is 2.09. The molecule has 20 heavy (non-hydrogen) atoms. The van der Waals surface area contributed by atoms with Gasteiger partial charge in [-0.1, -0.05) is 42.8 Å². The van der Waals surface area contributed by atoms with Gasteiger partial charge < -0.3 is 15.5 Å². The summed E-state index contributed by atoms with van der Waals surface area (Å²) in [4.78, 5) is 0. The summed E-state index contributed by atoms with van der Waals surface area (Å²) in [6, 6.07) is 13.7. The minimum atomic E-state index is -0.0840. The van der Waals surface area contributed by atoms with Crippen LogP contribution in [0.5, 0.6) is 11.5 Å². The van der Waals surface area contributed by atoms with Gasteiger partial charge in [0, 0.05) is 12.6 Å². The molecule has 0 aliphatic heterocycles. The van der Waals surface area contributed by atoms with Crippen molar-refractivity contribution in [1.29, 1.82) is 0 Å². The van der Waals surface area contributed by atoms with Gasteiger partial charge in [-0.25, -0.2) is 0 Å². The molecule has 1 atom stereocenters. The maximum Gasteiger partial charge on any atom is 0.157 e. The second-order valence-electron chi connectivity index (χ2n) is 5.08. The van der Waals surface area contributed by atoms with Crippen LogP contribution < -0.4 is 5.32 Å². The Labute approximate surface area is 119 Å². The Morgan fingerprint density at radius 3 is 2.30 bits per heavy atom. The highest BCUT2D eigenvalue weighted by Crippen LogP contribution is 2.25. The molecule has 0 radical (unpaired) electrons. The molecule has 0 fully saturated rings. The lowest BCUT2D eigenvalue weighted by atomic mass is 10.0. The zero-order valence-corrected chi connectivity index (χ0v) is 11.9. The van der Waals surface area contributed by atoms with Crippen molar-refractivity contribution in [3.63, 3.8) is 0 Å². The van der Waals surface area contributed by atoms with Gasteiger partial charge >= 0.3 is 0 Å². The van der Waals surface area contributed by atoms with Crippen LogP contribution in [0.3, 0.4) is 0 Å². The molecule has 106 valence electrons. The lowest BCUT2D eigenvalue weighted by Gasteiger charge is -2.18. The Morgan fingerprint density at radius 1 is 1.00 bits per heavy atom. The number of benzene rings is 2. The molecule has 0 saturated carbocycles. The highest BCUT2D eigenvalue weighted by atomic mass is 16.3. The van der Waals surface area contributed by atoms with Gasteiger partial charge in [0.15, 0.2) is 11.5 Å². The molecule has 2 aromatic carbocycles. The molecule has 0 aliphatic carbocycles. The van der Waals surface area contributed by atoms with Gasteiger partial charge in [0.05, 0.1) is 0 Å². The number of hydrogen-bond acceptors (Lipinski definition) is 3. The Morgan fingerprint density at radius 2 is 1.70 bits per heavy atom. The number of rotatable bonds is 5. The smallest absolute Gasteiger partial charge is 0.157 e. The monoisotopic (exact) mass is 271 g/mol. The van der Waals surface area contributed by atoms with E-state index in [0.29, 0.717) is 6.54 Å². The van der Waals surface area contributed by atoms with Crippen LogP contribution in [0.2, 0.25) is 0 Å². The number of phenols is 2. The average Bonchev–Trinajstić information content (AvgIpc) is 2.45. The summed E-state index contributed by atoms with van der Waals surface area (Å²) in [6.45, 7) is 4.88. The van der Waals surface area contributed by atoms with E-state index in [1.807, 2.05) is 6.07 Å². The van der Waals surface area contributed by atoms with Gasteiger partial charge in [-0.3, -0.25) is 0 Å². The van der Waals surface area contributed by atoms with Crippen LogP contribution in [0.4, 0.5) is 0 Å². The quantitative estimate of drug-likeness (QED) is 0.728. The van der Waals surface area contributed by atoms with Crippen molar-refractivity contribution in [2.24, 2.45) is 0 Å². The van der Waals surface area contributed by atoms with Gasteiger partial charge in [0.25, 0.3) is 0 Å². The third-order valence-corrected chi connectivity index (χ3v) is 3.48. The summed E-state index contributed by atoms with van der Waals surface area (Å²) in [5.41, 5.74) is 3.47. The van der Waals surface area contributed by atoms with Crippen molar-refractivity contribution in [2.75, 3.05) is 0 Å². The molecule has 0 spiro atoms. The van der Waals surface area contributed by atoms with Crippen molar-refractivity contribution in [2.45, 2.75) is 32.9 Å². The summed E-state index contributed by atoms with van der Waals surface area (Å²) < 4.78 is 0. The molecule has 0 aliphatic rings. The summed E-state index contributed by atoms with van der Waals surface area (Å²) >= 11 is 0. The van der Waals surface area contributed by atoms with Crippen LogP contribution in [0.1, 0.15) is 36.1 Å². The lowest BCUT2D eigenvalue weighted by molar-refractivity contribution is 0.402. The molecule has 3 nitrogen and oxygen atoms in total. The maximum absolute atomic E-state index is 9.49. The van der Waals surface area contributed by atoms with E-state index in [1.54, 1.807) is 6.07 Å². The normalized spacial score (nSPS) is 12.3. The zero-order chi connectivity index (χ0) is 14.5. The van der Waals surface area contributed by atoms with Crippen LogP contribution in [0, 0.1) is 6.92 Å². The maximum atomic E-state index is 9.49. The molecule has 0 heterocycles. The molecular weight excluding hydrogens is 250 g/mol. The third kappa shape index (κ3) is 3.52. The Balaban J connectivity index is 2.03. The van der Waals surface area contributed by atoms with Crippen molar-refractivity contribution >= 4 is 0 Å². The Kier molecular flexibility index (Phi) is 4.64. The van der Waals surface area contributed by atoms with Gasteiger partial charge in [-0.2, -0.15) is 0 Å². The topological polar surface area (TPSA) is 52.5 Å². The van der Waals surface area contributed by atoms with Crippen LogP contribution in [-0.2, 0) is 6.54 Å².